The largest absolute Gasteiger partial charge is 0.489 e. The first-order valence-corrected chi connectivity index (χ1v) is 11.2. The van der Waals surface area contributed by atoms with Crippen LogP contribution in [-0.2, 0) is 16.1 Å². The fourth-order valence-corrected chi connectivity index (χ4v) is 3.69. The van der Waals surface area contributed by atoms with Crippen molar-refractivity contribution in [2.75, 3.05) is 0 Å². The fourth-order valence-electron chi connectivity index (χ4n) is 2.79. The van der Waals surface area contributed by atoms with Gasteiger partial charge in [-0.15, -0.1) is 0 Å². The molecule has 0 radical (unpaired) electrons. The second-order valence-electron chi connectivity index (χ2n) is 6.42. The first-order valence-electron chi connectivity index (χ1n) is 8.94. The molecule has 0 amide bonds. The quantitative estimate of drug-likeness (QED) is 0.189. The van der Waals surface area contributed by atoms with E-state index in [-0.39, 0.29) is 11.6 Å². The average Bonchev–Trinajstić information content (AvgIpc) is 3.10. The van der Waals surface area contributed by atoms with Crippen LogP contribution >= 0.6 is 50.1 Å². The molecular formula is C23H14BrClINO3. The van der Waals surface area contributed by atoms with Crippen molar-refractivity contribution < 1.29 is 14.3 Å². The summed E-state index contributed by atoms with van der Waals surface area (Å²) in [4.78, 5) is 16.6. The van der Waals surface area contributed by atoms with Crippen LogP contribution in [0, 0.1) is 3.57 Å². The maximum absolute atomic E-state index is 12.3. The summed E-state index contributed by atoms with van der Waals surface area (Å²) in [6.07, 6.45) is 1.68. The SMILES string of the molecule is O=C1OC(c2ccc(I)c(Br)c2)=N/C1=C\c1cccc(OCc2ccccc2Cl)c1. The number of carbonyl (C=O) groups excluding carboxylic acids is 1. The van der Waals surface area contributed by atoms with Crippen molar-refractivity contribution in [2.24, 2.45) is 4.99 Å². The van der Waals surface area contributed by atoms with E-state index in [1.54, 1.807) is 6.08 Å². The Morgan fingerprint density at radius 3 is 2.73 bits per heavy atom. The van der Waals surface area contributed by atoms with Crippen molar-refractivity contribution in [3.63, 3.8) is 0 Å². The van der Waals surface area contributed by atoms with E-state index in [1.165, 1.54) is 0 Å². The molecule has 1 aliphatic rings. The van der Waals surface area contributed by atoms with Gasteiger partial charge in [0.25, 0.3) is 0 Å². The molecule has 0 bridgehead atoms. The highest BCUT2D eigenvalue weighted by atomic mass is 127. The number of ether oxygens (including phenoxy) is 2. The second-order valence-corrected chi connectivity index (χ2v) is 8.84. The maximum Gasteiger partial charge on any atom is 0.363 e. The van der Waals surface area contributed by atoms with Crippen molar-refractivity contribution in [1.29, 1.82) is 0 Å². The molecule has 0 aliphatic carbocycles. The van der Waals surface area contributed by atoms with Gasteiger partial charge < -0.3 is 9.47 Å². The minimum Gasteiger partial charge on any atom is -0.489 e. The highest BCUT2D eigenvalue weighted by Gasteiger charge is 2.24. The van der Waals surface area contributed by atoms with E-state index < -0.39 is 5.97 Å². The molecule has 3 aromatic rings. The number of hydrogen-bond acceptors (Lipinski definition) is 4. The lowest BCUT2D eigenvalue weighted by Gasteiger charge is -2.08. The van der Waals surface area contributed by atoms with Crippen LogP contribution in [0.4, 0.5) is 0 Å². The average molecular weight is 595 g/mol. The van der Waals surface area contributed by atoms with E-state index in [0.717, 1.165) is 24.7 Å². The Kier molecular flexibility index (Phi) is 6.55. The lowest BCUT2D eigenvalue weighted by Crippen LogP contribution is -2.05. The third kappa shape index (κ3) is 4.94. The molecule has 0 unspecified atom stereocenters. The summed E-state index contributed by atoms with van der Waals surface area (Å²) in [5, 5.41) is 0.661. The van der Waals surface area contributed by atoms with Crippen molar-refractivity contribution in [1.82, 2.24) is 0 Å². The van der Waals surface area contributed by atoms with Gasteiger partial charge in [0.1, 0.15) is 12.4 Å². The molecule has 0 fully saturated rings. The lowest BCUT2D eigenvalue weighted by atomic mass is 10.2. The summed E-state index contributed by atoms with van der Waals surface area (Å²) < 4.78 is 13.2. The van der Waals surface area contributed by atoms with Gasteiger partial charge in [0.2, 0.25) is 5.90 Å². The summed E-state index contributed by atoms with van der Waals surface area (Å²) in [6.45, 7) is 0.353. The topological polar surface area (TPSA) is 47.9 Å². The summed E-state index contributed by atoms with van der Waals surface area (Å²) >= 11 is 11.9. The molecular weight excluding hydrogens is 581 g/mol. The van der Waals surface area contributed by atoms with Gasteiger partial charge in [0.05, 0.1) is 0 Å². The van der Waals surface area contributed by atoms with Gasteiger partial charge in [-0.3, -0.25) is 0 Å². The minimum atomic E-state index is -0.484. The van der Waals surface area contributed by atoms with E-state index in [9.17, 15) is 4.79 Å². The molecule has 0 atom stereocenters. The zero-order valence-corrected chi connectivity index (χ0v) is 19.9. The molecule has 3 aromatic carbocycles. The van der Waals surface area contributed by atoms with Gasteiger partial charge in [0, 0.05) is 24.2 Å². The number of esters is 1. The fraction of sp³-hybridized carbons (Fsp3) is 0.0435. The van der Waals surface area contributed by atoms with Crippen molar-refractivity contribution in [2.45, 2.75) is 6.61 Å². The van der Waals surface area contributed by atoms with Crippen molar-refractivity contribution in [3.8, 4) is 5.75 Å². The number of nitrogens with zero attached hydrogens (tertiary/aromatic N) is 1. The van der Waals surface area contributed by atoms with Gasteiger partial charge >= 0.3 is 5.97 Å². The zero-order chi connectivity index (χ0) is 21.1. The Hall–Kier alpha value is -2.16. The van der Waals surface area contributed by atoms with Crippen LogP contribution in [0.5, 0.6) is 5.75 Å². The van der Waals surface area contributed by atoms with Crippen LogP contribution < -0.4 is 4.74 Å². The van der Waals surface area contributed by atoms with Gasteiger partial charge in [-0.1, -0.05) is 41.9 Å². The monoisotopic (exact) mass is 593 g/mol. The number of carbonyl (C=O) groups is 1. The summed E-state index contributed by atoms with van der Waals surface area (Å²) in [5.74, 6) is 0.470. The number of benzene rings is 3. The van der Waals surface area contributed by atoms with Gasteiger partial charge in [0.15, 0.2) is 5.70 Å². The highest BCUT2D eigenvalue weighted by Crippen LogP contribution is 2.25. The Bertz CT molecular complexity index is 1190. The molecule has 0 saturated heterocycles. The standard InChI is InChI=1S/C23H14BrClINO3/c24-18-12-15(8-9-20(18)26)22-27-21(23(28)30-22)11-14-4-3-6-17(10-14)29-13-16-5-1-2-7-19(16)25/h1-12H,13H2/b21-11-. The molecule has 30 heavy (non-hydrogen) atoms. The number of hydrogen-bond donors (Lipinski definition) is 0. The zero-order valence-electron chi connectivity index (χ0n) is 15.4. The van der Waals surface area contributed by atoms with Crippen LogP contribution in [0.1, 0.15) is 16.7 Å². The molecule has 1 aliphatic heterocycles. The van der Waals surface area contributed by atoms with Crippen molar-refractivity contribution in [3.05, 3.63) is 102 Å². The van der Waals surface area contributed by atoms with Crippen LogP contribution in [-0.4, -0.2) is 11.9 Å². The lowest BCUT2D eigenvalue weighted by molar-refractivity contribution is -0.129. The number of halogens is 3. The minimum absolute atomic E-state index is 0.239. The molecule has 7 heteroatoms. The Morgan fingerprint density at radius 1 is 1.10 bits per heavy atom. The molecule has 0 saturated carbocycles. The smallest absolute Gasteiger partial charge is 0.363 e. The molecule has 1 heterocycles. The first kappa shape index (κ1) is 21.1. The molecule has 0 spiro atoms. The molecule has 0 N–H and O–H groups in total. The molecule has 4 rings (SSSR count). The summed E-state index contributed by atoms with van der Waals surface area (Å²) in [6, 6.07) is 20.6. The predicted octanol–water partition coefficient (Wildman–Crippen LogP) is 6.63. The van der Waals surface area contributed by atoms with Crippen molar-refractivity contribution >= 4 is 68.1 Å². The normalized spacial score (nSPS) is 14.6. The van der Waals surface area contributed by atoms with E-state index in [0.29, 0.717) is 17.4 Å². The third-order valence-electron chi connectivity index (χ3n) is 4.30. The van der Waals surface area contributed by atoms with Gasteiger partial charge in [-0.05, 0) is 86.6 Å². The Labute approximate surface area is 200 Å². The Balaban J connectivity index is 1.53. The van der Waals surface area contributed by atoms with Crippen LogP contribution in [0.3, 0.4) is 0 Å². The third-order valence-corrected chi connectivity index (χ3v) is 7.01. The number of aliphatic imine (C=N–C) groups is 1. The van der Waals surface area contributed by atoms with Gasteiger partial charge in [-0.25, -0.2) is 9.79 Å². The summed E-state index contributed by atoms with van der Waals surface area (Å²) in [5.41, 5.74) is 2.66. The predicted molar refractivity (Wildman–Crippen MR) is 130 cm³/mol. The van der Waals surface area contributed by atoms with Crippen LogP contribution in [0.25, 0.3) is 6.08 Å². The first-order chi connectivity index (χ1) is 14.5. The Morgan fingerprint density at radius 2 is 1.93 bits per heavy atom. The summed E-state index contributed by atoms with van der Waals surface area (Å²) in [7, 11) is 0. The molecule has 0 aromatic heterocycles. The van der Waals surface area contributed by atoms with Gasteiger partial charge in [-0.2, -0.15) is 0 Å². The van der Waals surface area contributed by atoms with E-state index in [1.807, 2.05) is 66.7 Å². The van der Waals surface area contributed by atoms with E-state index in [2.05, 4.69) is 43.5 Å². The maximum atomic E-state index is 12.3. The van der Waals surface area contributed by atoms with Crippen LogP contribution in [0.2, 0.25) is 5.02 Å². The van der Waals surface area contributed by atoms with E-state index >= 15 is 0 Å². The van der Waals surface area contributed by atoms with Crippen LogP contribution in [0.15, 0.2) is 81.9 Å². The number of rotatable bonds is 5. The highest BCUT2D eigenvalue weighted by molar-refractivity contribution is 14.1. The van der Waals surface area contributed by atoms with E-state index in [4.69, 9.17) is 21.1 Å². The number of cyclic esters (lactones) is 1. The molecule has 4 nitrogen and oxygen atoms in total. The molecule has 150 valence electrons. The second kappa shape index (κ2) is 9.32.